The second-order valence-electron chi connectivity index (χ2n) is 4.62. The van der Waals surface area contributed by atoms with Crippen molar-refractivity contribution >= 4 is 21.9 Å². The molecular formula is C14H12BrF2NO2. The van der Waals surface area contributed by atoms with Gasteiger partial charge in [-0.3, -0.25) is 0 Å². The normalized spacial score (nSPS) is 11.1. The maximum absolute atomic E-state index is 14.0. The van der Waals surface area contributed by atoms with E-state index in [2.05, 4.69) is 15.9 Å². The maximum atomic E-state index is 14.0. The fourth-order valence-corrected chi connectivity index (χ4v) is 2.78. The minimum absolute atomic E-state index is 0.0608. The lowest BCUT2D eigenvalue weighted by Gasteiger charge is -2.17. The number of aromatic nitrogens is 1. The van der Waals surface area contributed by atoms with Gasteiger partial charge in [-0.1, -0.05) is 0 Å². The van der Waals surface area contributed by atoms with Crippen LogP contribution in [0, 0.1) is 11.6 Å². The van der Waals surface area contributed by atoms with E-state index in [1.165, 1.54) is 16.7 Å². The lowest BCUT2D eigenvalue weighted by atomic mass is 10.1. The molecule has 20 heavy (non-hydrogen) atoms. The predicted octanol–water partition coefficient (Wildman–Crippen LogP) is 4.47. The Morgan fingerprint density at radius 3 is 2.45 bits per heavy atom. The third kappa shape index (κ3) is 2.47. The van der Waals surface area contributed by atoms with Crippen LogP contribution in [0.15, 0.2) is 28.7 Å². The van der Waals surface area contributed by atoms with Crippen LogP contribution in [0.1, 0.15) is 30.4 Å². The molecule has 0 aliphatic heterocycles. The molecule has 0 spiro atoms. The van der Waals surface area contributed by atoms with Crippen LogP contribution in [-0.4, -0.2) is 15.6 Å². The van der Waals surface area contributed by atoms with Crippen LogP contribution in [-0.2, 0) is 0 Å². The Kier molecular flexibility index (Phi) is 3.94. The Bertz CT molecular complexity index is 657. The van der Waals surface area contributed by atoms with Gasteiger partial charge in [-0.15, -0.1) is 0 Å². The van der Waals surface area contributed by atoms with Crippen molar-refractivity contribution in [1.82, 2.24) is 4.57 Å². The van der Waals surface area contributed by atoms with E-state index < -0.39 is 17.6 Å². The molecule has 0 saturated heterocycles. The minimum Gasteiger partial charge on any atom is -0.477 e. The lowest BCUT2D eigenvalue weighted by molar-refractivity contribution is 0.0683. The van der Waals surface area contributed by atoms with Crippen molar-refractivity contribution < 1.29 is 18.7 Å². The molecule has 0 amide bonds. The lowest BCUT2D eigenvalue weighted by Crippen LogP contribution is -2.12. The Hall–Kier alpha value is -1.69. The molecule has 2 aromatic rings. The highest BCUT2D eigenvalue weighted by atomic mass is 79.9. The molecule has 1 aromatic heterocycles. The van der Waals surface area contributed by atoms with Gasteiger partial charge in [-0.2, -0.15) is 0 Å². The Morgan fingerprint density at radius 2 is 1.95 bits per heavy atom. The number of benzene rings is 1. The molecule has 1 N–H and O–H groups in total. The number of rotatable bonds is 3. The zero-order chi connectivity index (χ0) is 15.0. The third-order valence-electron chi connectivity index (χ3n) is 2.92. The molecule has 1 aromatic carbocycles. The number of hydrogen-bond donors (Lipinski definition) is 1. The van der Waals surface area contributed by atoms with Crippen molar-refractivity contribution in [3.63, 3.8) is 0 Å². The molecule has 0 atom stereocenters. The van der Waals surface area contributed by atoms with E-state index in [-0.39, 0.29) is 21.8 Å². The first kappa shape index (κ1) is 14.7. The first-order valence-corrected chi connectivity index (χ1v) is 6.71. The number of halogens is 3. The van der Waals surface area contributed by atoms with Gasteiger partial charge in [0, 0.05) is 22.1 Å². The fourth-order valence-electron chi connectivity index (χ4n) is 2.17. The van der Waals surface area contributed by atoms with Crippen molar-refractivity contribution in [2.75, 3.05) is 0 Å². The van der Waals surface area contributed by atoms with E-state index in [1.54, 1.807) is 13.8 Å². The first-order chi connectivity index (χ1) is 9.32. The van der Waals surface area contributed by atoms with Crippen molar-refractivity contribution in [2.45, 2.75) is 19.9 Å². The largest absolute Gasteiger partial charge is 0.477 e. The van der Waals surface area contributed by atoms with E-state index in [0.29, 0.717) is 5.69 Å². The van der Waals surface area contributed by atoms with Gasteiger partial charge in [0.2, 0.25) is 0 Å². The van der Waals surface area contributed by atoms with Gasteiger partial charge in [0.25, 0.3) is 0 Å². The molecule has 0 fully saturated rings. The summed E-state index contributed by atoms with van der Waals surface area (Å²) in [7, 11) is 0. The van der Waals surface area contributed by atoms with Crippen molar-refractivity contribution in [2.24, 2.45) is 0 Å². The number of carboxylic acids is 1. The third-order valence-corrected chi connectivity index (χ3v) is 3.54. The van der Waals surface area contributed by atoms with Crippen LogP contribution < -0.4 is 0 Å². The summed E-state index contributed by atoms with van der Waals surface area (Å²) in [4.78, 5) is 11.2. The molecule has 0 radical (unpaired) electrons. The van der Waals surface area contributed by atoms with Crippen LogP contribution in [0.25, 0.3) is 11.3 Å². The average Bonchev–Trinajstić information content (AvgIpc) is 2.72. The first-order valence-electron chi connectivity index (χ1n) is 5.92. The predicted molar refractivity (Wildman–Crippen MR) is 74.8 cm³/mol. The van der Waals surface area contributed by atoms with Gasteiger partial charge < -0.3 is 9.67 Å². The number of hydrogen-bond acceptors (Lipinski definition) is 1. The van der Waals surface area contributed by atoms with E-state index in [1.807, 2.05) is 0 Å². The van der Waals surface area contributed by atoms with Crippen LogP contribution in [0.5, 0.6) is 0 Å². The summed E-state index contributed by atoms with van der Waals surface area (Å²) in [6, 6.07) is 4.68. The topological polar surface area (TPSA) is 42.2 Å². The average molecular weight is 344 g/mol. The van der Waals surface area contributed by atoms with Crippen LogP contribution in [0.4, 0.5) is 8.78 Å². The maximum Gasteiger partial charge on any atom is 0.352 e. The van der Waals surface area contributed by atoms with Crippen LogP contribution in [0.3, 0.4) is 0 Å². The Labute approximate surface area is 123 Å². The zero-order valence-electron chi connectivity index (χ0n) is 10.8. The standard InChI is InChI=1S/C14H12BrF2NO2/c1-7(2)18-11(3-4-12(18)14(19)20)13-9(15)5-8(16)6-10(13)17/h3-7H,1-2H3,(H,19,20). The van der Waals surface area contributed by atoms with Gasteiger partial charge in [0.05, 0.1) is 5.69 Å². The number of nitrogens with zero attached hydrogens (tertiary/aromatic N) is 1. The molecule has 6 heteroatoms. The van der Waals surface area contributed by atoms with E-state index in [0.717, 1.165) is 12.1 Å². The molecule has 0 aliphatic carbocycles. The molecule has 0 bridgehead atoms. The van der Waals surface area contributed by atoms with Gasteiger partial charge in [-0.25, -0.2) is 13.6 Å². The summed E-state index contributed by atoms with van der Waals surface area (Å²) in [5, 5.41) is 9.17. The van der Waals surface area contributed by atoms with Gasteiger partial charge in [-0.05, 0) is 48.0 Å². The molecule has 2 rings (SSSR count). The molecule has 0 aliphatic rings. The number of carbonyl (C=O) groups is 1. The van der Waals surface area contributed by atoms with Gasteiger partial charge in [0.15, 0.2) is 0 Å². The second kappa shape index (κ2) is 5.36. The summed E-state index contributed by atoms with van der Waals surface area (Å²) in [6.45, 7) is 3.59. The van der Waals surface area contributed by atoms with Crippen molar-refractivity contribution in [1.29, 1.82) is 0 Å². The summed E-state index contributed by atoms with van der Waals surface area (Å²) in [6.07, 6.45) is 0. The summed E-state index contributed by atoms with van der Waals surface area (Å²) in [5.74, 6) is -2.53. The van der Waals surface area contributed by atoms with E-state index in [4.69, 9.17) is 0 Å². The highest BCUT2D eigenvalue weighted by molar-refractivity contribution is 9.10. The quantitative estimate of drug-likeness (QED) is 0.892. The zero-order valence-corrected chi connectivity index (χ0v) is 12.4. The number of carboxylic acid groups (broad SMARTS) is 1. The molecule has 106 valence electrons. The van der Waals surface area contributed by atoms with Crippen LogP contribution >= 0.6 is 15.9 Å². The SMILES string of the molecule is CC(C)n1c(C(=O)O)ccc1-c1c(F)cc(F)cc1Br. The summed E-state index contributed by atoms with van der Waals surface area (Å²) >= 11 is 3.12. The van der Waals surface area contributed by atoms with E-state index in [9.17, 15) is 18.7 Å². The molecule has 0 saturated carbocycles. The van der Waals surface area contributed by atoms with Gasteiger partial charge in [0.1, 0.15) is 17.3 Å². The second-order valence-corrected chi connectivity index (χ2v) is 5.47. The number of aromatic carboxylic acids is 1. The smallest absolute Gasteiger partial charge is 0.352 e. The van der Waals surface area contributed by atoms with Gasteiger partial charge >= 0.3 is 5.97 Å². The fraction of sp³-hybridized carbons (Fsp3) is 0.214. The molecular weight excluding hydrogens is 332 g/mol. The highest BCUT2D eigenvalue weighted by Gasteiger charge is 2.21. The Balaban J connectivity index is 2.74. The van der Waals surface area contributed by atoms with Crippen molar-refractivity contribution in [3.8, 4) is 11.3 Å². The monoisotopic (exact) mass is 343 g/mol. The highest BCUT2D eigenvalue weighted by Crippen LogP contribution is 2.34. The Morgan fingerprint density at radius 1 is 1.30 bits per heavy atom. The molecule has 3 nitrogen and oxygen atoms in total. The summed E-state index contributed by atoms with van der Waals surface area (Å²) < 4.78 is 28.9. The molecule has 1 heterocycles. The minimum atomic E-state index is -1.09. The van der Waals surface area contributed by atoms with Crippen molar-refractivity contribution in [3.05, 3.63) is 46.1 Å². The van der Waals surface area contributed by atoms with E-state index >= 15 is 0 Å². The summed E-state index contributed by atoms with van der Waals surface area (Å²) in [5.41, 5.74) is 0.597. The molecule has 0 unspecified atom stereocenters. The van der Waals surface area contributed by atoms with Crippen LogP contribution in [0.2, 0.25) is 0 Å².